The number of aliphatic carboxylic acids is 1. The van der Waals surface area contributed by atoms with E-state index in [1.54, 1.807) is 32.2 Å². The molecular weight excluding hydrogens is 473 g/mol. The SMILES string of the molecule is CC(C)(Cc1cccc(-c2nc(Nc3cncc(N4CCCCC4)n3)ncc2C(F)(F)F)c1)C(=O)O. The monoisotopic (exact) mass is 500 g/mol. The zero-order chi connectivity index (χ0) is 25.9. The lowest BCUT2D eigenvalue weighted by Gasteiger charge is -2.27. The third kappa shape index (κ3) is 5.89. The fourth-order valence-corrected chi connectivity index (χ4v) is 4.09. The van der Waals surface area contributed by atoms with Crippen molar-refractivity contribution in [3.63, 3.8) is 0 Å². The summed E-state index contributed by atoms with van der Waals surface area (Å²) >= 11 is 0. The number of carboxylic acid groups (broad SMARTS) is 1. The Bertz CT molecular complexity index is 1240. The molecule has 0 bridgehead atoms. The van der Waals surface area contributed by atoms with Gasteiger partial charge in [-0.3, -0.25) is 9.78 Å². The standard InChI is InChI=1S/C25H27F3N6O2/c1-24(2,22(35)36)12-16-7-6-8-17(11-16)21-18(25(26,27)28)13-30-23(33-21)32-19-14-29-15-20(31-19)34-9-4-3-5-10-34/h6-8,11,13-15H,3-5,9-10,12H2,1-2H3,(H,35,36)(H,30,31,32,33). The molecule has 8 nitrogen and oxygen atoms in total. The molecule has 3 aromatic rings. The summed E-state index contributed by atoms with van der Waals surface area (Å²) < 4.78 is 41.5. The molecule has 190 valence electrons. The van der Waals surface area contributed by atoms with E-state index < -0.39 is 23.1 Å². The van der Waals surface area contributed by atoms with Crippen LogP contribution in [0.1, 0.15) is 44.2 Å². The zero-order valence-electron chi connectivity index (χ0n) is 20.0. The molecule has 11 heteroatoms. The average molecular weight is 501 g/mol. The highest BCUT2D eigenvalue weighted by Gasteiger charge is 2.36. The van der Waals surface area contributed by atoms with Gasteiger partial charge in [-0.05, 0) is 51.2 Å². The first-order valence-electron chi connectivity index (χ1n) is 11.6. The fraction of sp³-hybridized carbons (Fsp3) is 0.400. The maximum absolute atomic E-state index is 13.8. The van der Waals surface area contributed by atoms with Gasteiger partial charge in [-0.1, -0.05) is 18.2 Å². The number of benzene rings is 1. The number of halogens is 3. The minimum Gasteiger partial charge on any atom is -0.481 e. The predicted octanol–water partition coefficient (Wildman–Crippen LogP) is 5.34. The lowest BCUT2D eigenvalue weighted by molar-refractivity contribution is -0.146. The molecule has 2 aromatic heterocycles. The van der Waals surface area contributed by atoms with Gasteiger partial charge >= 0.3 is 12.1 Å². The van der Waals surface area contributed by atoms with Gasteiger partial charge in [0.25, 0.3) is 0 Å². The molecule has 4 rings (SSSR count). The summed E-state index contributed by atoms with van der Waals surface area (Å²) in [6.45, 7) is 4.87. The Morgan fingerprint density at radius 1 is 1.08 bits per heavy atom. The first kappa shape index (κ1) is 25.3. The molecule has 2 N–H and O–H groups in total. The van der Waals surface area contributed by atoms with Crippen LogP contribution in [0.25, 0.3) is 11.3 Å². The van der Waals surface area contributed by atoms with Crippen LogP contribution in [0.2, 0.25) is 0 Å². The fourth-order valence-electron chi connectivity index (χ4n) is 4.09. The number of alkyl halides is 3. The Labute approximate surface area is 206 Å². The van der Waals surface area contributed by atoms with Crippen molar-refractivity contribution in [2.75, 3.05) is 23.3 Å². The molecule has 0 amide bonds. The van der Waals surface area contributed by atoms with Crippen molar-refractivity contribution in [2.24, 2.45) is 5.41 Å². The minimum absolute atomic E-state index is 0.0561. The number of carbonyl (C=O) groups is 1. The number of hydrogen-bond acceptors (Lipinski definition) is 7. The van der Waals surface area contributed by atoms with Crippen molar-refractivity contribution in [3.05, 3.63) is 54.0 Å². The van der Waals surface area contributed by atoms with Gasteiger partial charge in [0.1, 0.15) is 11.4 Å². The third-order valence-corrected chi connectivity index (χ3v) is 6.06. The number of piperidine rings is 1. The molecule has 3 heterocycles. The molecule has 1 fully saturated rings. The lowest BCUT2D eigenvalue weighted by Crippen LogP contribution is -2.30. The lowest BCUT2D eigenvalue weighted by atomic mass is 9.85. The molecule has 1 aromatic carbocycles. The molecule has 0 saturated carbocycles. The third-order valence-electron chi connectivity index (χ3n) is 6.06. The van der Waals surface area contributed by atoms with Crippen molar-refractivity contribution >= 4 is 23.6 Å². The second-order valence-electron chi connectivity index (χ2n) is 9.46. The van der Waals surface area contributed by atoms with Gasteiger partial charge in [0.15, 0.2) is 5.82 Å². The Hall–Kier alpha value is -3.76. The summed E-state index contributed by atoms with van der Waals surface area (Å²) in [6.07, 6.45) is 2.60. The number of rotatable bonds is 7. The van der Waals surface area contributed by atoms with Crippen LogP contribution in [0, 0.1) is 5.41 Å². The molecule has 0 radical (unpaired) electrons. The van der Waals surface area contributed by atoms with Crippen LogP contribution in [0.4, 0.5) is 30.8 Å². The van der Waals surface area contributed by atoms with E-state index in [2.05, 4.69) is 30.2 Å². The second-order valence-corrected chi connectivity index (χ2v) is 9.46. The number of nitrogens with one attached hydrogen (secondary N) is 1. The molecule has 1 saturated heterocycles. The highest BCUT2D eigenvalue weighted by atomic mass is 19.4. The molecular formula is C25H27F3N6O2. The number of hydrogen-bond donors (Lipinski definition) is 2. The minimum atomic E-state index is -4.68. The smallest absolute Gasteiger partial charge is 0.419 e. The zero-order valence-corrected chi connectivity index (χ0v) is 20.0. The molecule has 0 aliphatic carbocycles. The molecule has 0 atom stereocenters. The van der Waals surface area contributed by atoms with Crippen LogP contribution in [-0.2, 0) is 17.4 Å². The van der Waals surface area contributed by atoms with E-state index in [4.69, 9.17) is 0 Å². The topological polar surface area (TPSA) is 104 Å². The largest absolute Gasteiger partial charge is 0.481 e. The van der Waals surface area contributed by atoms with Gasteiger partial charge in [0.2, 0.25) is 5.95 Å². The van der Waals surface area contributed by atoms with E-state index in [9.17, 15) is 23.1 Å². The first-order valence-corrected chi connectivity index (χ1v) is 11.6. The van der Waals surface area contributed by atoms with E-state index in [0.717, 1.165) is 32.1 Å². The number of anilines is 3. The van der Waals surface area contributed by atoms with Gasteiger partial charge in [-0.25, -0.2) is 15.0 Å². The summed E-state index contributed by atoms with van der Waals surface area (Å²) in [4.78, 5) is 30.4. The van der Waals surface area contributed by atoms with Crippen molar-refractivity contribution in [2.45, 2.75) is 45.7 Å². The quantitative estimate of drug-likeness (QED) is 0.448. The Morgan fingerprint density at radius 3 is 2.53 bits per heavy atom. The van der Waals surface area contributed by atoms with E-state index in [1.165, 1.54) is 24.8 Å². The normalized spacial score (nSPS) is 14.5. The van der Waals surface area contributed by atoms with Crippen LogP contribution >= 0.6 is 0 Å². The van der Waals surface area contributed by atoms with E-state index in [1.807, 2.05) is 0 Å². The van der Waals surface area contributed by atoms with Gasteiger partial charge in [-0.2, -0.15) is 13.2 Å². The first-order chi connectivity index (χ1) is 17.0. The summed E-state index contributed by atoms with van der Waals surface area (Å²) in [5.41, 5.74) is -1.59. The van der Waals surface area contributed by atoms with Gasteiger partial charge in [-0.15, -0.1) is 0 Å². The number of nitrogens with zero attached hydrogens (tertiary/aromatic N) is 5. The van der Waals surface area contributed by atoms with Crippen molar-refractivity contribution < 1.29 is 23.1 Å². The average Bonchev–Trinajstić information content (AvgIpc) is 2.84. The van der Waals surface area contributed by atoms with Crippen LogP contribution in [0.15, 0.2) is 42.9 Å². The van der Waals surface area contributed by atoms with Crippen LogP contribution in [-0.4, -0.2) is 44.1 Å². The van der Waals surface area contributed by atoms with E-state index in [0.29, 0.717) is 17.2 Å². The number of aromatic nitrogens is 4. The van der Waals surface area contributed by atoms with Gasteiger partial charge in [0.05, 0.1) is 23.5 Å². The molecule has 1 aliphatic rings. The molecule has 1 aliphatic heterocycles. The summed E-state index contributed by atoms with van der Waals surface area (Å²) in [7, 11) is 0. The number of carboxylic acids is 1. The molecule has 0 spiro atoms. The highest BCUT2D eigenvalue weighted by molar-refractivity contribution is 5.74. The van der Waals surface area contributed by atoms with Crippen molar-refractivity contribution in [1.29, 1.82) is 0 Å². The molecule has 36 heavy (non-hydrogen) atoms. The van der Waals surface area contributed by atoms with E-state index >= 15 is 0 Å². The van der Waals surface area contributed by atoms with Crippen LogP contribution < -0.4 is 10.2 Å². The maximum Gasteiger partial charge on any atom is 0.419 e. The van der Waals surface area contributed by atoms with Gasteiger partial charge < -0.3 is 15.3 Å². The second kappa shape index (κ2) is 10.1. The van der Waals surface area contributed by atoms with E-state index in [-0.39, 0.29) is 23.6 Å². The van der Waals surface area contributed by atoms with Gasteiger partial charge in [0, 0.05) is 24.8 Å². The summed E-state index contributed by atoms with van der Waals surface area (Å²) in [6, 6.07) is 6.31. The Balaban J connectivity index is 1.66. The van der Waals surface area contributed by atoms with Crippen molar-refractivity contribution in [1.82, 2.24) is 19.9 Å². The summed E-state index contributed by atoms with van der Waals surface area (Å²) in [5.74, 6) is -0.0500. The predicted molar refractivity (Wildman–Crippen MR) is 129 cm³/mol. The van der Waals surface area contributed by atoms with Crippen LogP contribution in [0.5, 0.6) is 0 Å². The Kier molecular flexibility index (Phi) is 7.09. The van der Waals surface area contributed by atoms with Crippen LogP contribution in [0.3, 0.4) is 0 Å². The highest BCUT2D eigenvalue weighted by Crippen LogP contribution is 2.37. The Morgan fingerprint density at radius 2 is 1.83 bits per heavy atom. The molecule has 0 unspecified atom stereocenters. The maximum atomic E-state index is 13.8. The summed E-state index contributed by atoms with van der Waals surface area (Å²) in [5, 5.41) is 12.3. The van der Waals surface area contributed by atoms with Crippen molar-refractivity contribution in [3.8, 4) is 11.3 Å².